The normalized spacial score (nSPS) is 12.8. The van der Waals surface area contributed by atoms with Crippen LogP contribution >= 0.6 is 23.4 Å². The van der Waals surface area contributed by atoms with Crippen LogP contribution in [0.1, 0.15) is 51.2 Å². The van der Waals surface area contributed by atoms with E-state index in [1.807, 2.05) is 45.0 Å². The summed E-state index contributed by atoms with van der Waals surface area (Å²) in [5, 5.41) is 3.69. The maximum absolute atomic E-state index is 13.2. The van der Waals surface area contributed by atoms with Gasteiger partial charge in [-0.3, -0.25) is 9.59 Å². The molecule has 1 N–H and O–H groups in total. The van der Waals surface area contributed by atoms with Gasteiger partial charge >= 0.3 is 0 Å². The molecule has 0 fully saturated rings. The second-order valence-electron chi connectivity index (χ2n) is 7.80. The Hall–Kier alpha value is -1.98. The zero-order valence-electron chi connectivity index (χ0n) is 18.9. The molecule has 2 rings (SSSR count). The summed E-state index contributed by atoms with van der Waals surface area (Å²) >= 11 is 7.67. The first-order chi connectivity index (χ1) is 14.8. The fraction of sp³-hybridized carbons (Fsp3) is 0.440. The van der Waals surface area contributed by atoms with Gasteiger partial charge in [-0.05, 0) is 56.5 Å². The number of carbonyl (C=O) groups is 2. The topological polar surface area (TPSA) is 49.4 Å². The van der Waals surface area contributed by atoms with Crippen molar-refractivity contribution in [2.45, 2.75) is 70.5 Å². The van der Waals surface area contributed by atoms with E-state index in [4.69, 9.17) is 11.6 Å². The number of nitrogens with one attached hydrogen (secondary N) is 1. The highest BCUT2D eigenvalue weighted by Gasteiger charge is 2.28. The first-order valence-electron chi connectivity index (χ1n) is 10.9. The second-order valence-corrected chi connectivity index (χ2v) is 9.41. The molecule has 0 saturated heterocycles. The number of halogens is 1. The number of thioether (sulfide) groups is 1. The average molecular weight is 461 g/mol. The van der Waals surface area contributed by atoms with Crippen molar-refractivity contribution < 1.29 is 9.59 Å². The lowest BCUT2D eigenvalue weighted by Crippen LogP contribution is -2.50. The summed E-state index contributed by atoms with van der Waals surface area (Å²) in [4.78, 5) is 29.0. The van der Waals surface area contributed by atoms with E-state index in [1.54, 1.807) is 16.7 Å². The van der Waals surface area contributed by atoms with Gasteiger partial charge in [0, 0.05) is 34.7 Å². The van der Waals surface area contributed by atoms with Gasteiger partial charge in [-0.2, -0.15) is 0 Å². The molecule has 4 nitrogen and oxygen atoms in total. The van der Waals surface area contributed by atoms with E-state index in [0.717, 1.165) is 16.9 Å². The molecule has 2 atom stereocenters. The highest BCUT2D eigenvalue weighted by Crippen LogP contribution is 2.21. The summed E-state index contributed by atoms with van der Waals surface area (Å²) in [7, 11) is 0. The Morgan fingerprint density at radius 3 is 2.26 bits per heavy atom. The number of nitrogens with zero attached hydrogens (tertiary/aromatic N) is 1. The van der Waals surface area contributed by atoms with E-state index >= 15 is 0 Å². The smallest absolute Gasteiger partial charge is 0.243 e. The number of aryl methyl sites for hydroxylation is 1. The molecule has 0 aliphatic carbocycles. The van der Waals surface area contributed by atoms with Crippen LogP contribution in [0.5, 0.6) is 0 Å². The van der Waals surface area contributed by atoms with Crippen molar-refractivity contribution in [1.29, 1.82) is 0 Å². The van der Waals surface area contributed by atoms with Gasteiger partial charge in [0.2, 0.25) is 11.8 Å². The lowest BCUT2D eigenvalue weighted by Gasteiger charge is -2.31. The van der Waals surface area contributed by atoms with Crippen LogP contribution in [0.25, 0.3) is 0 Å². The SMILES string of the molecule is CC[C@@H](C)NC(=O)[C@@H](CC)N(Cc1ccc(Cl)cc1)C(=O)CCSc1ccc(C)cc1. The van der Waals surface area contributed by atoms with E-state index in [0.29, 0.717) is 30.2 Å². The highest BCUT2D eigenvalue weighted by molar-refractivity contribution is 7.99. The summed E-state index contributed by atoms with van der Waals surface area (Å²) in [6, 6.07) is 15.3. The maximum Gasteiger partial charge on any atom is 0.243 e. The zero-order chi connectivity index (χ0) is 22.8. The Labute approximate surface area is 195 Å². The van der Waals surface area contributed by atoms with Gasteiger partial charge < -0.3 is 10.2 Å². The lowest BCUT2D eigenvalue weighted by atomic mass is 10.1. The maximum atomic E-state index is 13.2. The molecule has 0 aromatic heterocycles. The van der Waals surface area contributed by atoms with Crippen molar-refractivity contribution in [3.05, 3.63) is 64.7 Å². The van der Waals surface area contributed by atoms with Gasteiger partial charge in [0.15, 0.2) is 0 Å². The van der Waals surface area contributed by atoms with Crippen molar-refractivity contribution in [2.24, 2.45) is 0 Å². The largest absolute Gasteiger partial charge is 0.352 e. The van der Waals surface area contributed by atoms with Crippen LogP contribution < -0.4 is 5.32 Å². The summed E-state index contributed by atoms with van der Waals surface area (Å²) in [5.74, 6) is 0.564. The molecule has 0 radical (unpaired) electrons. The van der Waals surface area contributed by atoms with Crippen LogP contribution in [0.4, 0.5) is 0 Å². The van der Waals surface area contributed by atoms with Crippen LogP contribution in [0.2, 0.25) is 5.02 Å². The fourth-order valence-electron chi connectivity index (χ4n) is 3.18. The van der Waals surface area contributed by atoms with Crippen LogP contribution in [-0.2, 0) is 16.1 Å². The Balaban J connectivity index is 2.12. The monoisotopic (exact) mass is 460 g/mol. The van der Waals surface area contributed by atoms with E-state index in [-0.39, 0.29) is 17.9 Å². The van der Waals surface area contributed by atoms with Gasteiger partial charge in [0.25, 0.3) is 0 Å². The van der Waals surface area contributed by atoms with Gasteiger partial charge in [0.05, 0.1) is 0 Å². The minimum atomic E-state index is -0.499. The quantitative estimate of drug-likeness (QED) is 0.427. The van der Waals surface area contributed by atoms with Crippen molar-refractivity contribution in [1.82, 2.24) is 10.2 Å². The Morgan fingerprint density at radius 2 is 1.68 bits per heavy atom. The standard InChI is InChI=1S/C25H33ClN2O2S/c1-5-19(4)27-25(30)23(6-2)28(17-20-9-11-21(26)12-10-20)24(29)15-16-31-22-13-7-18(3)8-14-22/h7-14,19,23H,5-6,15-17H2,1-4H3,(H,27,30)/t19-,23-/m1/s1. The number of amides is 2. The molecule has 168 valence electrons. The Bertz CT molecular complexity index is 840. The van der Waals surface area contributed by atoms with Crippen molar-refractivity contribution in [3.8, 4) is 0 Å². The molecule has 2 amide bonds. The number of hydrogen-bond acceptors (Lipinski definition) is 3. The van der Waals surface area contributed by atoms with E-state index in [2.05, 4.69) is 36.5 Å². The van der Waals surface area contributed by atoms with Crippen molar-refractivity contribution in [3.63, 3.8) is 0 Å². The van der Waals surface area contributed by atoms with E-state index in [1.165, 1.54) is 5.56 Å². The third-order valence-corrected chi connectivity index (χ3v) is 6.52. The first kappa shape index (κ1) is 25.3. The molecule has 0 unspecified atom stereocenters. The minimum absolute atomic E-state index is 0.0132. The molecular formula is C25H33ClN2O2S. The molecule has 2 aromatic rings. The Kier molecular flexibility index (Phi) is 10.4. The van der Waals surface area contributed by atoms with Crippen molar-refractivity contribution >= 4 is 35.2 Å². The number of benzene rings is 2. The fourth-order valence-corrected chi connectivity index (χ4v) is 4.15. The second kappa shape index (κ2) is 12.8. The number of carbonyl (C=O) groups excluding carboxylic acids is 2. The number of rotatable bonds is 11. The van der Waals surface area contributed by atoms with Gasteiger partial charge in [-0.15, -0.1) is 11.8 Å². The van der Waals surface area contributed by atoms with E-state index in [9.17, 15) is 9.59 Å². The minimum Gasteiger partial charge on any atom is -0.352 e. The van der Waals surface area contributed by atoms with Gasteiger partial charge in [-0.25, -0.2) is 0 Å². The van der Waals surface area contributed by atoms with Gasteiger partial charge in [0.1, 0.15) is 6.04 Å². The first-order valence-corrected chi connectivity index (χ1v) is 12.2. The average Bonchev–Trinajstić information content (AvgIpc) is 2.76. The molecule has 0 saturated carbocycles. The molecular weight excluding hydrogens is 428 g/mol. The lowest BCUT2D eigenvalue weighted by molar-refractivity contribution is -0.141. The third-order valence-electron chi connectivity index (χ3n) is 5.26. The highest BCUT2D eigenvalue weighted by atomic mass is 35.5. The zero-order valence-corrected chi connectivity index (χ0v) is 20.4. The van der Waals surface area contributed by atoms with Crippen LogP contribution in [-0.4, -0.2) is 34.6 Å². The molecule has 31 heavy (non-hydrogen) atoms. The van der Waals surface area contributed by atoms with Crippen LogP contribution in [0.15, 0.2) is 53.4 Å². The predicted octanol–water partition coefficient (Wildman–Crippen LogP) is 5.85. The number of hydrogen-bond donors (Lipinski definition) is 1. The summed E-state index contributed by atoms with van der Waals surface area (Å²) < 4.78 is 0. The molecule has 0 aliphatic heterocycles. The van der Waals surface area contributed by atoms with Gasteiger partial charge in [-0.1, -0.05) is 55.3 Å². The predicted molar refractivity (Wildman–Crippen MR) is 130 cm³/mol. The van der Waals surface area contributed by atoms with Crippen molar-refractivity contribution in [2.75, 3.05) is 5.75 Å². The molecule has 0 aliphatic rings. The van der Waals surface area contributed by atoms with Crippen LogP contribution in [0, 0.1) is 6.92 Å². The third kappa shape index (κ3) is 8.23. The molecule has 6 heteroatoms. The summed E-state index contributed by atoms with van der Waals surface area (Å²) in [6.07, 6.45) is 1.78. The summed E-state index contributed by atoms with van der Waals surface area (Å²) in [5.41, 5.74) is 2.17. The molecule has 0 heterocycles. The van der Waals surface area contributed by atoms with E-state index < -0.39 is 6.04 Å². The summed E-state index contributed by atoms with van der Waals surface area (Å²) in [6.45, 7) is 8.41. The molecule has 0 spiro atoms. The van der Waals surface area contributed by atoms with Crippen LogP contribution in [0.3, 0.4) is 0 Å². The molecule has 0 bridgehead atoms. The Morgan fingerprint density at radius 1 is 1.03 bits per heavy atom. The molecule has 2 aromatic carbocycles.